The lowest BCUT2D eigenvalue weighted by Crippen LogP contribution is -2.42. The first-order valence-electron chi connectivity index (χ1n) is 6.58. The van der Waals surface area contributed by atoms with Crippen LogP contribution in [0.3, 0.4) is 0 Å². The highest BCUT2D eigenvalue weighted by molar-refractivity contribution is 7.80. The maximum absolute atomic E-state index is 11.0. The summed E-state index contributed by atoms with van der Waals surface area (Å²) in [4.78, 5) is 21.6. The van der Waals surface area contributed by atoms with Crippen LogP contribution in [-0.4, -0.2) is 57.5 Å². The maximum Gasteiger partial charge on any atom is 0.500 e. The molecule has 0 aromatic carbocycles. The van der Waals surface area contributed by atoms with Crippen molar-refractivity contribution in [1.29, 1.82) is 0 Å². The van der Waals surface area contributed by atoms with Gasteiger partial charge in [-0.3, -0.25) is 9.59 Å². The van der Waals surface area contributed by atoms with E-state index in [1.165, 1.54) is 21.3 Å². The number of carboxylic acids is 2. The van der Waals surface area contributed by atoms with E-state index in [2.05, 4.69) is 12.6 Å². The number of hydrogen-bond donors (Lipinski definition) is 3. The largest absolute Gasteiger partial charge is 0.500 e. The number of carboxylic acid groups (broad SMARTS) is 2. The quantitative estimate of drug-likeness (QED) is 0.365. The average molecular weight is 340 g/mol. The zero-order valence-corrected chi connectivity index (χ0v) is 14.5. The first-order chi connectivity index (χ1) is 9.80. The van der Waals surface area contributed by atoms with Crippen LogP contribution >= 0.6 is 12.6 Å². The predicted octanol–water partition coefficient (Wildman–Crippen LogP) is 1.51. The summed E-state index contributed by atoms with van der Waals surface area (Å²) < 4.78 is 15.9. The van der Waals surface area contributed by atoms with Gasteiger partial charge in [-0.2, -0.15) is 12.6 Å². The van der Waals surface area contributed by atoms with Gasteiger partial charge >= 0.3 is 20.7 Å². The highest BCUT2D eigenvalue weighted by Crippen LogP contribution is 2.23. The van der Waals surface area contributed by atoms with Gasteiger partial charge in [0.15, 0.2) is 0 Å². The predicted molar refractivity (Wildman–Crippen MR) is 81.6 cm³/mol. The molecule has 0 aromatic heterocycles. The minimum Gasteiger partial charge on any atom is -0.481 e. The van der Waals surface area contributed by atoms with Gasteiger partial charge in [-0.1, -0.05) is 0 Å². The number of hydrogen-bond acceptors (Lipinski definition) is 6. The van der Waals surface area contributed by atoms with E-state index in [9.17, 15) is 9.59 Å². The molecule has 2 unspecified atom stereocenters. The molecule has 7 nitrogen and oxygen atoms in total. The third kappa shape index (κ3) is 7.81. The molecule has 0 radical (unpaired) electrons. The summed E-state index contributed by atoms with van der Waals surface area (Å²) in [5.41, 5.74) is 0. The van der Waals surface area contributed by atoms with Gasteiger partial charge < -0.3 is 23.5 Å². The standard InChI is InChI=1S/C12H24O7SSi/c1-17-21(18-2,19-3)6-4-5-10(20)7-9(12(15)16)8-11(13)14/h9-10,20H,4-8H2,1-3H3,(H,13,14)(H,15,16). The molecule has 0 aliphatic carbocycles. The maximum atomic E-state index is 11.0. The van der Waals surface area contributed by atoms with Crippen molar-refractivity contribution in [3.63, 3.8) is 0 Å². The van der Waals surface area contributed by atoms with Crippen molar-refractivity contribution in [2.24, 2.45) is 5.92 Å². The van der Waals surface area contributed by atoms with Gasteiger partial charge in [-0.15, -0.1) is 0 Å². The van der Waals surface area contributed by atoms with Crippen LogP contribution < -0.4 is 0 Å². The average Bonchev–Trinajstić information content (AvgIpc) is 2.43. The lowest BCUT2D eigenvalue weighted by Gasteiger charge is -2.25. The van der Waals surface area contributed by atoms with Gasteiger partial charge in [0.2, 0.25) is 0 Å². The Balaban J connectivity index is 4.27. The molecule has 0 heterocycles. The molecule has 0 rings (SSSR count). The number of rotatable bonds is 12. The van der Waals surface area contributed by atoms with E-state index in [-0.39, 0.29) is 18.1 Å². The van der Waals surface area contributed by atoms with Crippen molar-refractivity contribution in [1.82, 2.24) is 0 Å². The summed E-state index contributed by atoms with van der Waals surface area (Å²) in [6, 6.07) is 0.601. The fraction of sp³-hybridized carbons (Fsp3) is 0.833. The Morgan fingerprint density at radius 3 is 2.05 bits per heavy atom. The van der Waals surface area contributed by atoms with Crippen LogP contribution in [0.25, 0.3) is 0 Å². The first kappa shape index (κ1) is 20.4. The monoisotopic (exact) mass is 340 g/mol. The molecule has 0 aliphatic rings. The molecular formula is C12H24O7SSi. The van der Waals surface area contributed by atoms with Gasteiger partial charge in [0, 0.05) is 32.6 Å². The smallest absolute Gasteiger partial charge is 0.481 e. The van der Waals surface area contributed by atoms with E-state index in [0.29, 0.717) is 18.9 Å². The van der Waals surface area contributed by atoms with E-state index < -0.39 is 26.7 Å². The topological polar surface area (TPSA) is 102 Å². The lowest BCUT2D eigenvalue weighted by atomic mass is 9.98. The molecule has 124 valence electrons. The molecule has 2 atom stereocenters. The molecule has 0 amide bonds. The third-order valence-corrected chi connectivity index (χ3v) is 6.58. The van der Waals surface area contributed by atoms with Crippen molar-refractivity contribution in [3.05, 3.63) is 0 Å². The molecule has 9 heteroatoms. The van der Waals surface area contributed by atoms with E-state index in [1.54, 1.807) is 0 Å². The molecule has 21 heavy (non-hydrogen) atoms. The van der Waals surface area contributed by atoms with Crippen molar-refractivity contribution in [2.75, 3.05) is 21.3 Å². The van der Waals surface area contributed by atoms with Crippen LogP contribution in [0.5, 0.6) is 0 Å². The van der Waals surface area contributed by atoms with E-state index in [0.717, 1.165) is 0 Å². The fourth-order valence-corrected chi connectivity index (χ4v) is 4.23. The Hall–Kier alpha value is -0.613. The lowest BCUT2D eigenvalue weighted by molar-refractivity contribution is -0.148. The zero-order chi connectivity index (χ0) is 16.5. The second kappa shape index (κ2) is 10.2. The van der Waals surface area contributed by atoms with Crippen molar-refractivity contribution < 1.29 is 33.1 Å². The highest BCUT2D eigenvalue weighted by atomic mass is 32.1. The summed E-state index contributed by atoms with van der Waals surface area (Å²) in [5.74, 6) is -3.14. The summed E-state index contributed by atoms with van der Waals surface area (Å²) >= 11 is 4.34. The Morgan fingerprint density at radius 2 is 1.67 bits per heavy atom. The Morgan fingerprint density at radius 1 is 1.14 bits per heavy atom. The molecular weight excluding hydrogens is 316 g/mol. The van der Waals surface area contributed by atoms with Crippen LogP contribution in [-0.2, 0) is 22.9 Å². The minimum atomic E-state index is -2.62. The van der Waals surface area contributed by atoms with Crippen LogP contribution in [0.15, 0.2) is 0 Å². The van der Waals surface area contributed by atoms with Crippen molar-refractivity contribution in [2.45, 2.75) is 37.0 Å². The number of carbonyl (C=O) groups is 2. The number of thiol groups is 1. The Labute approximate surface area is 131 Å². The SMILES string of the molecule is CO[Si](CCCC(S)CC(CC(=O)O)C(=O)O)(OC)OC. The number of aliphatic carboxylic acids is 2. The zero-order valence-electron chi connectivity index (χ0n) is 12.6. The second-order valence-electron chi connectivity index (χ2n) is 4.71. The molecule has 0 aromatic rings. The van der Waals surface area contributed by atoms with Crippen molar-refractivity contribution in [3.8, 4) is 0 Å². The molecule has 0 saturated carbocycles. The summed E-state index contributed by atoms with van der Waals surface area (Å²) in [7, 11) is 1.98. The second-order valence-corrected chi connectivity index (χ2v) is 8.53. The van der Waals surface area contributed by atoms with Gasteiger partial charge in [-0.25, -0.2) is 0 Å². The van der Waals surface area contributed by atoms with Crippen LogP contribution in [0.1, 0.15) is 25.7 Å². The van der Waals surface area contributed by atoms with Gasteiger partial charge in [0.25, 0.3) is 0 Å². The molecule has 0 fully saturated rings. The summed E-state index contributed by atoms with van der Waals surface area (Å²) in [5, 5.41) is 17.5. The van der Waals surface area contributed by atoms with Crippen LogP contribution in [0.4, 0.5) is 0 Å². The Kier molecular flexibility index (Phi) is 9.87. The van der Waals surface area contributed by atoms with Gasteiger partial charge in [0.05, 0.1) is 12.3 Å². The normalized spacial score (nSPS) is 14.7. The van der Waals surface area contributed by atoms with E-state index in [4.69, 9.17) is 23.5 Å². The van der Waals surface area contributed by atoms with E-state index >= 15 is 0 Å². The molecule has 0 bridgehead atoms. The van der Waals surface area contributed by atoms with Gasteiger partial charge in [0.1, 0.15) is 0 Å². The molecule has 0 saturated heterocycles. The molecule has 2 N–H and O–H groups in total. The fourth-order valence-electron chi connectivity index (χ4n) is 2.04. The van der Waals surface area contributed by atoms with Crippen molar-refractivity contribution >= 4 is 33.4 Å². The molecule has 0 spiro atoms. The van der Waals surface area contributed by atoms with Crippen LogP contribution in [0.2, 0.25) is 6.04 Å². The highest BCUT2D eigenvalue weighted by Gasteiger charge is 2.37. The summed E-state index contributed by atoms with van der Waals surface area (Å²) in [6.45, 7) is 0. The van der Waals surface area contributed by atoms with Gasteiger partial charge in [-0.05, 0) is 19.3 Å². The van der Waals surface area contributed by atoms with Crippen LogP contribution in [0, 0.1) is 5.92 Å². The minimum absolute atomic E-state index is 0.192. The Bertz CT molecular complexity index is 327. The summed E-state index contributed by atoms with van der Waals surface area (Å²) in [6.07, 6.45) is 1.16. The molecule has 0 aliphatic heterocycles. The first-order valence-corrected chi connectivity index (χ1v) is 9.03. The third-order valence-electron chi connectivity index (χ3n) is 3.28. The van der Waals surface area contributed by atoms with E-state index in [1.807, 2.05) is 0 Å².